The van der Waals surface area contributed by atoms with E-state index in [1.165, 1.54) is 24.3 Å². The van der Waals surface area contributed by atoms with Crippen LogP contribution in [-0.4, -0.2) is 4.92 Å². The molecule has 0 heterocycles. The molecule has 0 amide bonds. The van der Waals surface area contributed by atoms with Gasteiger partial charge < -0.3 is 5.32 Å². The third kappa shape index (κ3) is 2.90. The third-order valence-electron chi connectivity index (χ3n) is 2.75. The Morgan fingerprint density at radius 1 is 1.30 bits per heavy atom. The van der Waals surface area contributed by atoms with E-state index in [0.717, 1.165) is 0 Å². The van der Waals surface area contributed by atoms with Gasteiger partial charge in [0, 0.05) is 18.2 Å². The van der Waals surface area contributed by atoms with Crippen LogP contribution in [0.3, 0.4) is 0 Å². The lowest BCUT2D eigenvalue weighted by molar-refractivity contribution is -0.384. The van der Waals surface area contributed by atoms with Crippen molar-refractivity contribution < 1.29 is 9.31 Å². The molecule has 0 spiro atoms. The molecule has 0 saturated heterocycles. The Kier molecular flexibility index (Phi) is 3.91. The lowest BCUT2D eigenvalue weighted by Gasteiger charge is -2.08. The molecule has 0 bridgehead atoms. The molecule has 0 aliphatic carbocycles. The summed E-state index contributed by atoms with van der Waals surface area (Å²) in [7, 11) is 0. The molecule has 0 aromatic heterocycles. The Balaban J connectivity index is 2.26. The molecule has 0 saturated carbocycles. The van der Waals surface area contributed by atoms with Crippen LogP contribution in [-0.2, 0) is 6.54 Å². The molecule has 2 rings (SSSR count). The van der Waals surface area contributed by atoms with Gasteiger partial charge in [-0.25, -0.2) is 4.39 Å². The summed E-state index contributed by atoms with van der Waals surface area (Å²) in [6, 6.07) is 12.1. The molecule has 0 fully saturated rings. The number of nitro groups is 1. The summed E-state index contributed by atoms with van der Waals surface area (Å²) in [5.41, 5.74) is 0.730. The maximum atomic E-state index is 13.5. The first kappa shape index (κ1) is 13.5. The Morgan fingerprint density at radius 3 is 2.70 bits per heavy atom. The minimum absolute atomic E-state index is 0.0996. The highest BCUT2D eigenvalue weighted by atomic mass is 19.1. The van der Waals surface area contributed by atoms with E-state index in [0.29, 0.717) is 11.1 Å². The van der Waals surface area contributed by atoms with Crippen molar-refractivity contribution in [3.63, 3.8) is 0 Å². The van der Waals surface area contributed by atoms with Crippen LogP contribution >= 0.6 is 0 Å². The van der Waals surface area contributed by atoms with Crippen LogP contribution in [0, 0.1) is 27.3 Å². The summed E-state index contributed by atoms with van der Waals surface area (Å²) in [5.74, 6) is -0.390. The summed E-state index contributed by atoms with van der Waals surface area (Å²) in [5, 5.41) is 22.5. The van der Waals surface area contributed by atoms with Gasteiger partial charge >= 0.3 is 0 Å². The molecule has 20 heavy (non-hydrogen) atoms. The van der Waals surface area contributed by atoms with Crippen molar-refractivity contribution in [3.8, 4) is 6.07 Å². The zero-order valence-electron chi connectivity index (χ0n) is 10.3. The number of rotatable bonds is 4. The SMILES string of the molecule is N#Cc1ccc([N+](=O)[O-])c(NCc2ccccc2F)c1. The highest BCUT2D eigenvalue weighted by Crippen LogP contribution is 2.26. The molecule has 6 heteroatoms. The van der Waals surface area contributed by atoms with Gasteiger partial charge in [-0.1, -0.05) is 18.2 Å². The van der Waals surface area contributed by atoms with Gasteiger partial charge in [0.05, 0.1) is 16.6 Å². The predicted octanol–water partition coefficient (Wildman–Crippen LogP) is 3.22. The molecule has 0 unspecified atom stereocenters. The van der Waals surface area contributed by atoms with E-state index in [1.54, 1.807) is 18.2 Å². The molecule has 0 aliphatic rings. The molecular weight excluding hydrogens is 261 g/mol. The standard InChI is InChI=1S/C14H10FN3O2/c15-12-4-2-1-3-11(12)9-17-13-7-10(8-16)5-6-14(13)18(19)20/h1-7,17H,9H2. The largest absolute Gasteiger partial charge is 0.375 e. The van der Waals surface area contributed by atoms with Crippen molar-refractivity contribution >= 4 is 11.4 Å². The lowest BCUT2D eigenvalue weighted by atomic mass is 10.1. The Morgan fingerprint density at radius 2 is 2.05 bits per heavy atom. The fourth-order valence-electron chi connectivity index (χ4n) is 1.74. The second-order valence-electron chi connectivity index (χ2n) is 4.05. The van der Waals surface area contributed by atoms with Crippen LogP contribution in [0.5, 0.6) is 0 Å². The number of nitrogens with zero attached hydrogens (tertiary/aromatic N) is 2. The molecule has 1 N–H and O–H groups in total. The number of nitrogens with one attached hydrogen (secondary N) is 1. The zero-order chi connectivity index (χ0) is 14.5. The minimum Gasteiger partial charge on any atom is -0.375 e. The van der Waals surface area contributed by atoms with Gasteiger partial charge in [-0.3, -0.25) is 10.1 Å². The van der Waals surface area contributed by atoms with Crippen LogP contribution in [0.4, 0.5) is 15.8 Å². The maximum Gasteiger partial charge on any atom is 0.292 e. The second-order valence-corrected chi connectivity index (χ2v) is 4.05. The van der Waals surface area contributed by atoms with E-state index in [9.17, 15) is 14.5 Å². The summed E-state index contributed by atoms with van der Waals surface area (Å²) in [6.45, 7) is 0.0996. The van der Waals surface area contributed by atoms with E-state index < -0.39 is 4.92 Å². The zero-order valence-corrected chi connectivity index (χ0v) is 10.3. The first-order valence-corrected chi connectivity index (χ1v) is 5.77. The van der Waals surface area contributed by atoms with Gasteiger partial charge in [0.2, 0.25) is 0 Å². The molecule has 100 valence electrons. The second kappa shape index (κ2) is 5.80. The molecule has 0 atom stereocenters. The molecule has 2 aromatic carbocycles. The van der Waals surface area contributed by atoms with Gasteiger partial charge in [-0.2, -0.15) is 5.26 Å². The van der Waals surface area contributed by atoms with Crippen LogP contribution in [0.25, 0.3) is 0 Å². The maximum absolute atomic E-state index is 13.5. The number of benzene rings is 2. The van der Waals surface area contributed by atoms with E-state index >= 15 is 0 Å². The first-order chi connectivity index (χ1) is 9.61. The summed E-state index contributed by atoms with van der Waals surface area (Å²) in [6.07, 6.45) is 0. The van der Waals surface area contributed by atoms with E-state index in [2.05, 4.69) is 5.32 Å². The van der Waals surface area contributed by atoms with Gasteiger partial charge in [0.1, 0.15) is 11.5 Å². The Bertz CT molecular complexity index is 695. The molecule has 2 aromatic rings. The number of nitro benzene ring substituents is 1. The summed E-state index contributed by atoms with van der Waals surface area (Å²) >= 11 is 0. The van der Waals surface area contributed by atoms with Crippen molar-refractivity contribution in [2.45, 2.75) is 6.54 Å². The minimum atomic E-state index is -0.551. The van der Waals surface area contributed by atoms with E-state index in [4.69, 9.17) is 5.26 Å². The third-order valence-corrected chi connectivity index (χ3v) is 2.75. The Hall–Kier alpha value is -2.94. The van der Waals surface area contributed by atoms with E-state index in [-0.39, 0.29) is 23.7 Å². The van der Waals surface area contributed by atoms with Gasteiger partial charge in [-0.05, 0) is 18.2 Å². The molecular formula is C14H10FN3O2. The van der Waals surface area contributed by atoms with Crippen molar-refractivity contribution in [2.75, 3.05) is 5.32 Å². The van der Waals surface area contributed by atoms with Crippen molar-refractivity contribution in [2.24, 2.45) is 0 Å². The van der Waals surface area contributed by atoms with Crippen molar-refractivity contribution in [3.05, 3.63) is 69.5 Å². The fourth-order valence-corrected chi connectivity index (χ4v) is 1.74. The fraction of sp³-hybridized carbons (Fsp3) is 0.0714. The number of hydrogen-bond acceptors (Lipinski definition) is 4. The van der Waals surface area contributed by atoms with Crippen LogP contribution < -0.4 is 5.32 Å². The number of hydrogen-bond donors (Lipinski definition) is 1. The average Bonchev–Trinajstić information content (AvgIpc) is 2.46. The lowest BCUT2D eigenvalue weighted by Crippen LogP contribution is -2.04. The van der Waals surface area contributed by atoms with Crippen molar-refractivity contribution in [1.82, 2.24) is 0 Å². The topological polar surface area (TPSA) is 79.0 Å². The Labute approximate surface area is 114 Å². The number of anilines is 1. The molecule has 0 radical (unpaired) electrons. The number of nitriles is 1. The highest BCUT2D eigenvalue weighted by Gasteiger charge is 2.14. The van der Waals surface area contributed by atoms with Crippen LogP contribution in [0.15, 0.2) is 42.5 Å². The normalized spacial score (nSPS) is 9.80. The predicted molar refractivity (Wildman–Crippen MR) is 71.5 cm³/mol. The quantitative estimate of drug-likeness (QED) is 0.684. The molecule has 0 aliphatic heterocycles. The monoisotopic (exact) mass is 271 g/mol. The highest BCUT2D eigenvalue weighted by molar-refractivity contribution is 5.64. The van der Waals surface area contributed by atoms with Crippen LogP contribution in [0.1, 0.15) is 11.1 Å². The van der Waals surface area contributed by atoms with Crippen LogP contribution in [0.2, 0.25) is 0 Å². The van der Waals surface area contributed by atoms with Gasteiger partial charge in [0.25, 0.3) is 5.69 Å². The summed E-state index contributed by atoms with van der Waals surface area (Å²) in [4.78, 5) is 10.4. The average molecular weight is 271 g/mol. The summed E-state index contributed by atoms with van der Waals surface area (Å²) < 4.78 is 13.5. The first-order valence-electron chi connectivity index (χ1n) is 5.77. The smallest absolute Gasteiger partial charge is 0.292 e. The van der Waals surface area contributed by atoms with E-state index in [1.807, 2.05) is 6.07 Å². The molecule has 5 nitrogen and oxygen atoms in total. The van der Waals surface area contributed by atoms with Gasteiger partial charge in [0.15, 0.2) is 0 Å². The van der Waals surface area contributed by atoms with Gasteiger partial charge in [-0.15, -0.1) is 0 Å². The van der Waals surface area contributed by atoms with Crippen molar-refractivity contribution in [1.29, 1.82) is 5.26 Å². The number of halogens is 1.